The Labute approximate surface area is 205 Å². The van der Waals surface area contributed by atoms with Crippen LogP contribution < -0.4 is 14.8 Å². The number of benzene rings is 1. The van der Waals surface area contributed by atoms with E-state index in [0.29, 0.717) is 24.7 Å². The average Bonchev–Trinajstić information content (AvgIpc) is 3.52. The Morgan fingerprint density at radius 1 is 1.20 bits per heavy atom. The molecule has 0 radical (unpaired) electrons. The predicted octanol–water partition coefficient (Wildman–Crippen LogP) is 4.83. The number of ether oxygens (including phenoxy) is 2. The van der Waals surface area contributed by atoms with Gasteiger partial charge in [0.2, 0.25) is 5.91 Å². The lowest BCUT2D eigenvalue weighted by Crippen LogP contribution is -2.40. The molecule has 3 heterocycles. The van der Waals surface area contributed by atoms with E-state index in [2.05, 4.69) is 15.4 Å². The molecule has 1 fully saturated rings. The van der Waals surface area contributed by atoms with Gasteiger partial charge >= 0.3 is 0 Å². The number of nitrogens with zero attached hydrogens (tertiary/aromatic N) is 2. The van der Waals surface area contributed by atoms with Crippen LogP contribution in [0.3, 0.4) is 0 Å². The number of piperidine rings is 1. The first-order valence-corrected chi connectivity index (χ1v) is 12.0. The molecule has 8 nitrogen and oxygen atoms in total. The molecular formula is C27H33N3O5. The van der Waals surface area contributed by atoms with Crippen LogP contribution in [-0.4, -0.2) is 42.7 Å². The molecule has 1 saturated heterocycles. The van der Waals surface area contributed by atoms with E-state index in [0.717, 1.165) is 41.4 Å². The number of aromatic nitrogens is 1. The number of furan rings is 1. The summed E-state index contributed by atoms with van der Waals surface area (Å²) in [6.07, 6.45) is 8.58. The third-order valence-corrected chi connectivity index (χ3v) is 6.34. The number of nitrogens with one attached hydrogen (secondary N) is 1. The van der Waals surface area contributed by atoms with Gasteiger partial charge in [0.25, 0.3) is 0 Å². The summed E-state index contributed by atoms with van der Waals surface area (Å²) < 4.78 is 22.3. The first-order valence-electron chi connectivity index (χ1n) is 12.0. The zero-order chi connectivity index (χ0) is 24.6. The van der Waals surface area contributed by atoms with Gasteiger partial charge < -0.3 is 23.7 Å². The molecule has 35 heavy (non-hydrogen) atoms. The molecule has 1 aromatic carbocycles. The van der Waals surface area contributed by atoms with Crippen LogP contribution in [0.15, 0.2) is 51.6 Å². The van der Waals surface area contributed by atoms with Gasteiger partial charge in [0, 0.05) is 12.6 Å². The van der Waals surface area contributed by atoms with Crippen molar-refractivity contribution < 1.29 is 23.2 Å². The second-order valence-corrected chi connectivity index (χ2v) is 8.71. The van der Waals surface area contributed by atoms with Crippen molar-refractivity contribution in [3.05, 3.63) is 71.0 Å². The molecule has 0 aliphatic carbocycles. The van der Waals surface area contributed by atoms with Gasteiger partial charge in [-0.25, -0.2) is 0 Å². The van der Waals surface area contributed by atoms with E-state index in [-0.39, 0.29) is 11.9 Å². The summed E-state index contributed by atoms with van der Waals surface area (Å²) in [5, 5.41) is 6.98. The highest BCUT2D eigenvalue weighted by molar-refractivity contribution is 5.91. The third-order valence-electron chi connectivity index (χ3n) is 6.34. The Balaban J connectivity index is 1.35. The molecule has 1 amide bonds. The topological polar surface area (TPSA) is 90.0 Å². The second-order valence-electron chi connectivity index (χ2n) is 8.71. The lowest BCUT2D eigenvalue weighted by Gasteiger charge is -2.33. The normalized spacial score (nSPS) is 15.3. The highest BCUT2D eigenvalue weighted by Crippen LogP contribution is 2.30. The Hall–Kier alpha value is -3.52. The Morgan fingerprint density at radius 3 is 2.71 bits per heavy atom. The number of hydrogen-bond donors (Lipinski definition) is 1. The molecule has 3 aromatic rings. The van der Waals surface area contributed by atoms with Gasteiger partial charge in [-0.3, -0.25) is 9.69 Å². The van der Waals surface area contributed by atoms with E-state index in [1.165, 1.54) is 25.3 Å². The summed E-state index contributed by atoms with van der Waals surface area (Å²) in [5.41, 5.74) is 2.56. The minimum Gasteiger partial charge on any atom is -0.493 e. The summed E-state index contributed by atoms with van der Waals surface area (Å²) in [4.78, 5) is 15.0. The van der Waals surface area contributed by atoms with Crippen LogP contribution >= 0.6 is 0 Å². The average molecular weight is 480 g/mol. The van der Waals surface area contributed by atoms with Gasteiger partial charge in [0.15, 0.2) is 11.5 Å². The molecule has 0 spiro atoms. The zero-order valence-corrected chi connectivity index (χ0v) is 20.6. The number of rotatable bonds is 10. The minimum atomic E-state index is -0.156. The van der Waals surface area contributed by atoms with E-state index in [4.69, 9.17) is 18.4 Å². The molecule has 1 aliphatic heterocycles. The van der Waals surface area contributed by atoms with Crippen molar-refractivity contribution >= 4 is 12.0 Å². The SMILES string of the molecule is COc1cc(C=CC(=O)NCC(c2ccco2)N2CCCCC2)ccc1OCc1c(C)noc1C. The van der Waals surface area contributed by atoms with Crippen molar-refractivity contribution in [1.29, 1.82) is 0 Å². The van der Waals surface area contributed by atoms with Crippen LogP contribution in [0.4, 0.5) is 0 Å². The molecule has 4 rings (SSSR count). The lowest BCUT2D eigenvalue weighted by molar-refractivity contribution is -0.116. The third kappa shape index (κ3) is 6.33. The predicted molar refractivity (Wildman–Crippen MR) is 132 cm³/mol. The van der Waals surface area contributed by atoms with Gasteiger partial charge in [-0.15, -0.1) is 0 Å². The zero-order valence-electron chi connectivity index (χ0n) is 20.6. The molecule has 2 aromatic heterocycles. The van der Waals surface area contributed by atoms with Gasteiger partial charge in [-0.05, 0) is 75.7 Å². The van der Waals surface area contributed by atoms with Gasteiger partial charge in [-0.1, -0.05) is 17.6 Å². The lowest BCUT2D eigenvalue weighted by atomic mass is 10.1. The maximum Gasteiger partial charge on any atom is 0.244 e. The number of amides is 1. The van der Waals surface area contributed by atoms with E-state index in [9.17, 15) is 4.79 Å². The van der Waals surface area contributed by atoms with Crippen LogP contribution in [0, 0.1) is 13.8 Å². The second kappa shape index (κ2) is 11.8. The highest BCUT2D eigenvalue weighted by Gasteiger charge is 2.24. The van der Waals surface area contributed by atoms with Crippen LogP contribution in [0.2, 0.25) is 0 Å². The van der Waals surface area contributed by atoms with Crippen LogP contribution in [-0.2, 0) is 11.4 Å². The van der Waals surface area contributed by atoms with E-state index >= 15 is 0 Å². The highest BCUT2D eigenvalue weighted by atomic mass is 16.5. The fraction of sp³-hybridized carbons (Fsp3) is 0.407. The summed E-state index contributed by atoms with van der Waals surface area (Å²) in [6, 6.07) is 9.46. The maximum absolute atomic E-state index is 12.6. The molecular weight excluding hydrogens is 446 g/mol. The standard InChI is InChI=1S/C27H33N3O5/c1-19-22(20(2)35-29-19)18-34-25-11-9-21(16-26(25)32-3)10-12-27(31)28-17-23(24-8-7-15-33-24)30-13-5-4-6-14-30/h7-12,15-16,23H,4-6,13-14,17-18H2,1-3H3,(H,28,31). The van der Waals surface area contributed by atoms with Crippen LogP contribution in [0.25, 0.3) is 6.08 Å². The number of aryl methyl sites for hydroxylation is 2. The number of hydrogen-bond acceptors (Lipinski definition) is 7. The van der Waals surface area contributed by atoms with Crippen molar-refractivity contribution in [2.45, 2.75) is 45.8 Å². The number of methoxy groups -OCH3 is 1. The summed E-state index contributed by atoms with van der Waals surface area (Å²) >= 11 is 0. The van der Waals surface area contributed by atoms with Crippen molar-refractivity contribution in [2.24, 2.45) is 0 Å². The monoisotopic (exact) mass is 479 g/mol. The molecule has 1 aliphatic rings. The quantitative estimate of drug-likeness (QED) is 0.417. The summed E-state index contributed by atoms with van der Waals surface area (Å²) in [7, 11) is 1.59. The van der Waals surface area contributed by atoms with Crippen molar-refractivity contribution in [3.8, 4) is 11.5 Å². The fourth-order valence-corrected chi connectivity index (χ4v) is 4.31. The Morgan fingerprint density at radius 2 is 2.03 bits per heavy atom. The molecule has 8 heteroatoms. The van der Waals surface area contributed by atoms with Gasteiger partial charge in [0.05, 0.1) is 30.7 Å². The van der Waals surface area contributed by atoms with Crippen LogP contribution in [0.5, 0.6) is 11.5 Å². The first kappa shape index (κ1) is 24.6. The van der Waals surface area contributed by atoms with E-state index in [1.54, 1.807) is 19.4 Å². The van der Waals surface area contributed by atoms with Gasteiger partial charge in [-0.2, -0.15) is 0 Å². The van der Waals surface area contributed by atoms with E-state index in [1.807, 2.05) is 44.2 Å². The Kier molecular flexibility index (Phi) is 8.26. The molecule has 1 atom stereocenters. The molecule has 1 unspecified atom stereocenters. The molecule has 0 bridgehead atoms. The first-order chi connectivity index (χ1) is 17.0. The largest absolute Gasteiger partial charge is 0.493 e. The fourth-order valence-electron chi connectivity index (χ4n) is 4.31. The summed E-state index contributed by atoms with van der Waals surface area (Å²) in [6.45, 7) is 6.60. The van der Waals surface area contributed by atoms with Crippen molar-refractivity contribution in [1.82, 2.24) is 15.4 Å². The number of likely N-dealkylation sites (tertiary alicyclic amines) is 1. The molecule has 0 saturated carbocycles. The van der Waals surface area contributed by atoms with Crippen molar-refractivity contribution in [3.63, 3.8) is 0 Å². The maximum atomic E-state index is 12.6. The van der Waals surface area contributed by atoms with E-state index < -0.39 is 0 Å². The minimum absolute atomic E-state index is 0.0388. The smallest absolute Gasteiger partial charge is 0.244 e. The summed E-state index contributed by atoms with van der Waals surface area (Å²) in [5.74, 6) is 2.66. The Bertz CT molecular complexity index is 1110. The molecule has 186 valence electrons. The number of carbonyl (C=O) groups excluding carboxylic acids is 1. The molecule has 1 N–H and O–H groups in total. The number of carbonyl (C=O) groups is 1. The van der Waals surface area contributed by atoms with Crippen LogP contribution in [0.1, 0.15) is 53.6 Å². The van der Waals surface area contributed by atoms with Crippen molar-refractivity contribution in [2.75, 3.05) is 26.7 Å². The van der Waals surface area contributed by atoms with Gasteiger partial charge in [0.1, 0.15) is 18.1 Å².